The number of carbonyl (C=O) groups is 1. The number of aromatic hydroxyl groups is 1. The van der Waals surface area contributed by atoms with Crippen LogP contribution in [0.2, 0.25) is 0 Å². The number of aryl methyl sites for hydroxylation is 1. The fraction of sp³-hybridized carbons (Fsp3) is 0.350. The van der Waals surface area contributed by atoms with Crippen molar-refractivity contribution in [1.29, 1.82) is 0 Å². The Hall–Kier alpha value is -2.29. The third kappa shape index (κ3) is 2.14. The summed E-state index contributed by atoms with van der Waals surface area (Å²) in [6, 6.07) is 5.81. The molecule has 0 aromatic heterocycles. The molecule has 3 heteroatoms. The van der Waals surface area contributed by atoms with Crippen LogP contribution in [0.4, 0.5) is 0 Å². The number of ketones is 1. The van der Waals surface area contributed by atoms with Gasteiger partial charge in [0.15, 0.2) is 5.76 Å². The number of rotatable bonds is 1. The number of fused-ring (bicyclic) bond motifs is 2. The highest BCUT2D eigenvalue weighted by Crippen LogP contribution is 2.41. The van der Waals surface area contributed by atoms with Crippen molar-refractivity contribution >= 4 is 22.6 Å². The lowest BCUT2D eigenvalue weighted by Crippen LogP contribution is -2.34. The number of benzene rings is 2. The number of aliphatic hydroxyl groups is 1. The molecule has 120 valence electrons. The van der Waals surface area contributed by atoms with Crippen molar-refractivity contribution in [2.24, 2.45) is 0 Å². The Balaban J connectivity index is 2.42. The van der Waals surface area contributed by atoms with E-state index in [1.807, 2.05) is 46.8 Å². The molecule has 0 unspecified atom stereocenters. The van der Waals surface area contributed by atoms with Crippen molar-refractivity contribution < 1.29 is 15.0 Å². The highest BCUT2D eigenvalue weighted by molar-refractivity contribution is 6.09. The monoisotopic (exact) mass is 310 g/mol. The van der Waals surface area contributed by atoms with Crippen LogP contribution in [0.25, 0.3) is 16.8 Å². The standard InChI is InChI=1S/C20H22O3/c1-10(2)13-6-12-7-16-15(11(3)14(12)8-17(13)21)9-18(22)19(23)20(16,4)5/h6-10,21-22H,1-5H3. The van der Waals surface area contributed by atoms with Gasteiger partial charge in [0.25, 0.3) is 0 Å². The van der Waals surface area contributed by atoms with Gasteiger partial charge in [-0.25, -0.2) is 0 Å². The number of phenolic OH excluding ortho intramolecular Hbond substituents is 1. The maximum Gasteiger partial charge on any atom is 0.207 e. The molecular weight excluding hydrogens is 288 g/mol. The topological polar surface area (TPSA) is 57.5 Å². The van der Waals surface area contributed by atoms with Gasteiger partial charge in [0, 0.05) is 0 Å². The highest BCUT2D eigenvalue weighted by atomic mass is 16.3. The number of hydrogen-bond acceptors (Lipinski definition) is 3. The number of carbonyl (C=O) groups excluding carboxylic acids is 1. The van der Waals surface area contributed by atoms with Crippen LogP contribution < -0.4 is 0 Å². The van der Waals surface area contributed by atoms with E-state index in [-0.39, 0.29) is 23.2 Å². The quantitative estimate of drug-likeness (QED) is 0.800. The molecule has 1 aliphatic rings. The van der Waals surface area contributed by atoms with Gasteiger partial charge in [-0.3, -0.25) is 4.79 Å². The summed E-state index contributed by atoms with van der Waals surface area (Å²) in [5.74, 6) is 0.0452. The van der Waals surface area contributed by atoms with E-state index in [0.29, 0.717) is 0 Å². The molecule has 0 radical (unpaired) electrons. The van der Waals surface area contributed by atoms with Gasteiger partial charge in [0.2, 0.25) is 5.78 Å². The summed E-state index contributed by atoms with van der Waals surface area (Å²) in [6.45, 7) is 9.73. The first-order valence-corrected chi connectivity index (χ1v) is 7.90. The number of hydrogen-bond donors (Lipinski definition) is 2. The van der Waals surface area contributed by atoms with Crippen LogP contribution in [0.1, 0.15) is 55.9 Å². The highest BCUT2D eigenvalue weighted by Gasteiger charge is 2.38. The fourth-order valence-electron chi connectivity index (χ4n) is 3.46. The van der Waals surface area contributed by atoms with E-state index in [9.17, 15) is 15.0 Å². The van der Waals surface area contributed by atoms with Gasteiger partial charge in [-0.1, -0.05) is 13.8 Å². The molecule has 0 heterocycles. The number of allylic oxidation sites excluding steroid dienone is 1. The first-order chi connectivity index (χ1) is 10.6. The van der Waals surface area contributed by atoms with E-state index in [1.54, 1.807) is 12.1 Å². The van der Waals surface area contributed by atoms with Gasteiger partial charge in [-0.15, -0.1) is 0 Å². The van der Waals surface area contributed by atoms with Crippen LogP contribution >= 0.6 is 0 Å². The number of aliphatic hydroxyl groups excluding tert-OH is 1. The predicted octanol–water partition coefficient (Wildman–Crippen LogP) is 4.74. The minimum Gasteiger partial charge on any atom is -0.508 e. The molecule has 2 aromatic rings. The Morgan fingerprint density at radius 1 is 1.09 bits per heavy atom. The lowest BCUT2D eigenvalue weighted by molar-refractivity contribution is -0.122. The normalized spacial score (nSPS) is 16.6. The molecule has 0 saturated carbocycles. The predicted molar refractivity (Wildman–Crippen MR) is 93.1 cm³/mol. The van der Waals surface area contributed by atoms with Gasteiger partial charge < -0.3 is 10.2 Å². The van der Waals surface area contributed by atoms with Crippen LogP contribution in [-0.4, -0.2) is 16.0 Å². The van der Waals surface area contributed by atoms with Crippen LogP contribution in [0.5, 0.6) is 5.75 Å². The molecule has 0 spiro atoms. The van der Waals surface area contributed by atoms with Crippen LogP contribution in [0, 0.1) is 6.92 Å². The zero-order valence-corrected chi connectivity index (χ0v) is 14.2. The Labute approximate surface area is 136 Å². The third-order valence-electron chi connectivity index (χ3n) is 4.97. The Morgan fingerprint density at radius 2 is 1.74 bits per heavy atom. The lowest BCUT2D eigenvalue weighted by atomic mass is 9.72. The average molecular weight is 310 g/mol. The maximum absolute atomic E-state index is 12.3. The maximum atomic E-state index is 12.3. The SMILES string of the molecule is Cc1c2c(cc3cc(C(C)C)c(O)cc13)C(C)(C)C(=O)C(O)=C2. The van der Waals surface area contributed by atoms with Crippen molar-refractivity contribution in [3.05, 3.63) is 46.2 Å². The summed E-state index contributed by atoms with van der Waals surface area (Å²) < 4.78 is 0. The fourth-order valence-corrected chi connectivity index (χ4v) is 3.46. The van der Waals surface area contributed by atoms with Crippen molar-refractivity contribution in [3.63, 3.8) is 0 Å². The summed E-state index contributed by atoms with van der Waals surface area (Å²) in [5, 5.41) is 22.2. The summed E-state index contributed by atoms with van der Waals surface area (Å²) in [6.07, 6.45) is 1.55. The zero-order valence-electron chi connectivity index (χ0n) is 14.2. The Kier molecular flexibility index (Phi) is 3.29. The molecule has 2 aromatic carbocycles. The molecule has 0 amide bonds. The van der Waals surface area contributed by atoms with Crippen LogP contribution in [0.3, 0.4) is 0 Å². The lowest BCUT2D eigenvalue weighted by Gasteiger charge is -2.30. The van der Waals surface area contributed by atoms with E-state index in [2.05, 4.69) is 0 Å². The minimum atomic E-state index is -0.761. The van der Waals surface area contributed by atoms with E-state index in [1.165, 1.54) is 0 Å². The summed E-state index contributed by atoms with van der Waals surface area (Å²) >= 11 is 0. The number of phenols is 1. The molecule has 0 fully saturated rings. The minimum absolute atomic E-state index is 0.201. The van der Waals surface area contributed by atoms with Gasteiger partial charge in [-0.05, 0) is 84.0 Å². The summed E-state index contributed by atoms with van der Waals surface area (Å²) in [7, 11) is 0. The van der Waals surface area contributed by atoms with E-state index < -0.39 is 5.41 Å². The van der Waals surface area contributed by atoms with Crippen LogP contribution in [-0.2, 0) is 10.2 Å². The van der Waals surface area contributed by atoms with Gasteiger partial charge >= 0.3 is 0 Å². The van der Waals surface area contributed by atoms with E-state index in [0.717, 1.165) is 33.0 Å². The van der Waals surface area contributed by atoms with Gasteiger partial charge in [-0.2, -0.15) is 0 Å². The third-order valence-corrected chi connectivity index (χ3v) is 4.97. The van der Waals surface area contributed by atoms with Crippen molar-refractivity contribution in [3.8, 4) is 5.75 Å². The molecule has 0 bridgehead atoms. The largest absolute Gasteiger partial charge is 0.508 e. The second-order valence-electron chi connectivity index (χ2n) is 7.23. The van der Waals surface area contributed by atoms with E-state index >= 15 is 0 Å². The molecule has 0 saturated heterocycles. The van der Waals surface area contributed by atoms with E-state index in [4.69, 9.17) is 0 Å². The van der Waals surface area contributed by atoms with Crippen molar-refractivity contribution in [2.75, 3.05) is 0 Å². The number of Topliss-reactive ketones (excluding diaryl/α,β-unsaturated/α-hetero) is 1. The summed E-state index contributed by atoms with van der Waals surface area (Å²) in [4.78, 5) is 12.3. The molecule has 3 nitrogen and oxygen atoms in total. The molecule has 23 heavy (non-hydrogen) atoms. The zero-order chi connectivity index (χ0) is 17.1. The smallest absolute Gasteiger partial charge is 0.207 e. The Bertz CT molecular complexity index is 870. The molecule has 0 aliphatic heterocycles. The van der Waals surface area contributed by atoms with Gasteiger partial charge in [0.1, 0.15) is 5.75 Å². The average Bonchev–Trinajstić information content (AvgIpc) is 2.47. The van der Waals surface area contributed by atoms with Crippen molar-refractivity contribution in [2.45, 2.75) is 46.0 Å². The second-order valence-corrected chi connectivity index (χ2v) is 7.23. The first-order valence-electron chi connectivity index (χ1n) is 7.90. The molecule has 3 rings (SSSR count). The van der Waals surface area contributed by atoms with Gasteiger partial charge in [0.05, 0.1) is 5.41 Å². The Morgan fingerprint density at radius 3 is 2.35 bits per heavy atom. The first kappa shape index (κ1) is 15.6. The molecular formula is C20H22O3. The molecule has 0 atom stereocenters. The van der Waals surface area contributed by atoms with Crippen molar-refractivity contribution in [1.82, 2.24) is 0 Å². The second kappa shape index (κ2) is 4.85. The molecule has 2 N–H and O–H groups in total. The molecule has 1 aliphatic carbocycles. The summed E-state index contributed by atoms with van der Waals surface area (Å²) in [5.41, 5.74) is 2.90. The van der Waals surface area contributed by atoms with Crippen LogP contribution in [0.15, 0.2) is 24.0 Å².